The van der Waals surface area contributed by atoms with Gasteiger partial charge >= 0.3 is 0 Å². The Kier molecular flexibility index (Phi) is 5.11. The number of imide groups is 1. The van der Waals surface area contributed by atoms with Crippen LogP contribution in [0, 0.1) is 0 Å². The van der Waals surface area contributed by atoms with E-state index in [0.29, 0.717) is 29.6 Å². The fraction of sp³-hybridized carbons (Fsp3) is 0.278. The van der Waals surface area contributed by atoms with Crippen molar-refractivity contribution < 1.29 is 33.3 Å². The summed E-state index contributed by atoms with van der Waals surface area (Å²) in [6, 6.07) is 5.28. The van der Waals surface area contributed by atoms with Crippen LogP contribution < -0.4 is 14.8 Å². The van der Waals surface area contributed by atoms with Crippen molar-refractivity contribution in [3.8, 4) is 11.5 Å². The Bertz CT molecular complexity index is 896. The number of amides is 3. The number of nitrogens with one attached hydrogen (secondary N) is 1. The Morgan fingerprint density at radius 2 is 2.04 bits per heavy atom. The second-order valence-corrected chi connectivity index (χ2v) is 6.90. The van der Waals surface area contributed by atoms with Crippen molar-refractivity contribution >= 4 is 34.9 Å². The third-order valence-corrected chi connectivity index (χ3v) is 4.97. The first kappa shape index (κ1) is 18.2. The van der Waals surface area contributed by atoms with Crippen molar-refractivity contribution in [2.24, 2.45) is 0 Å². The van der Waals surface area contributed by atoms with E-state index in [4.69, 9.17) is 18.9 Å². The second-order valence-electron chi connectivity index (χ2n) is 5.90. The number of hydrogen-bond donors (Lipinski definition) is 1. The normalized spacial score (nSPS) is 19.4. The predicted octanol–water partition coefficient (Wildman–Crippen LogP) is 1.46. The molecule has 10 heteroatoms. The molecule has 3 heterocycles. The third kappa shape index (κ3) is 3.77. The number of carbonyl (C=O) groups is 3. The minimum absolute atomic E-state index is 0.0586. The van der Waals surface area contributed by atoms with Crippen LogP contribution in [0.5, 0.6) is 11.5 Å². The molecule has 3 aliphatic rings. The summed E-state index contributed by atoms with van der Waals surface area (Å²) in [6.07, 6.45) is 2.87. The molecule has 0 spiro atoms. The first-order valence-corrected chi connectivity index (χ1v) is 9.31. The van der Waals surface area contributed by atoms with Crippen molar-refractivity contribution in [2.45, 2.75) is 0 Å². The maximum absolute atomic E-state index is 12.5. The quantitative estimate of drug-likeness (QED) is 0.736. The van der Waals surface area contributed by atoms with Gasteiger partial charge in [-0.2, -0.15) is 0 Å². The van der Waals surface area contributed by atoms with E-state index in [-0.39, 0.29) is 30.9 Å². The summed E-state index contributed by atoms with van der Waals surface area (Å²) < 4.78 is 20.8. The van der Waals surface area contributed by atoms with E-state index in [1.54, 1.807) is 24.3 Å². The molecule has 4 rings (SSSR count). The standard InChI is InChI=1S/C18H16N2O7S/c21-16(14-9-24-5-6-25-14)19-3-4-20-17(22)15(28-18(20)23)8-11-1-2-12-13(7-11)27-10-26-12/h1-2,7-9H,3-6,10H2,(H,19,21)/b15-8-. The number of nitrogens with zero attached hydrogens (tertiary/aromatic N) is 1. The van der Waals surface area contributed by atoms with Crippen molar-refractivity contribution in [3.05, 3.63) is 40.7 Å². The molecule has 1 aromatic carbocycles. The Morgan fingerprint density at radius 1 is 1.18 bits per heavy atom. The lowest BCUT2D eigenvalue weighted by Crippen LogP contribution is -2.38. The Morgan fingerprint density at radius 3 is 2.86 bits per heavy atom. The average Bonchev–Trinajstić information content (AvgIpc) is 3.28. The summed E-state index contributed by atoms with van der Waals surface area (Å²) >= 11 is 0.855. The lowest BCUT2D eigenvalue weighted by Gasteiger charge is -2.16. The van der Waals surface area contributed by atoms with E-state index in [1.165, 1.54) is 6.26 Å². The minimum atomic E-state index is -0.456. The van der Waals surface area contributed by atoms with Gasteiger partial charge in [0.25, 0.3) is 17.1 Å². The average molecular weight is 404 g/mol. The molecule has 0 atom stereocenters. The van der Waals surface area contributed by atoms with Crippen LogP contribution in [0.1, 0.15) is 5.56 Å². The van der Waals surface area contributed by atoms with Crippen LogP contribution in [0.2, 0.25) is 0 Å². The van der Waals surface area contributed by atoms with E-state index in [1.807, 2.05) is 0 Å². The fourth-order valence-electron chi connectivity index (χ4n) is 2.70. The molecule has 1 saturated heterocycles. The van der Waals surface area contributed by atoms with Gasteiger partial charge in [-0.15, -0.1) is 0 Å². The number of rotatable bonds is 5. The maximum Gasteiger partial charge on any atom is 0.293 e. The molecule has 1 N–H and O–H groups in total. The molecular formula is C18H16N2O7S. The third-order valence-electron chi connectivity index (χ3n) is 4.06. The highest BCUT2D eigenvalue weighted by molar-refractivity contribution is 8.18. The van der Waals surface area contributed by atoms with Gasteiger partial charge in [0.1, 0.15) is 19.5 Å². The first-order chi connectivity index (χ1) is 13.6. The molecule has 0 radical (unpaired) electrons. The number of hydrogen-bond acceptors (Lipinski definition) is 8. The van der Waals surface area contributed by atoms with Gasteiger partial charge in [0.05, 0.1) is 4.91 Å². The Labute approximate surface area is 164 Å². The summed E-state index contributed by atoms with van der Waals surface area (Å²) in [5.74, 6) is 0.450. The van der Waals surface area contributed by atoms with E-state index in [0.717, 1.165) is 22.2 Å². The zero-order valence-electron chi connectivity index (χ0n) is 14.6. The van der Waals surface area contributed by atoms with Crippen LogP contribution in [0.3, 0.4) is 0 Å². The zero-order valence-corrected chi connectivity index (χ0v) is 15.5. The van der Waals surface area contributed by atoms with Crippen LogP contribution in [0.15, 0.2) is 35.1 Å². The van der Waals surface area contributed by atoms with Crippen molar-refractivity contribution in [3.63, 3.8) is 0 Å². The molecule has 0 saturated carbocycles. The summed E-state index contributed by atoms with van der Waals surface area (Å²) in [5, 5.41) is 2.21. The SMILES string of the molecule is O=C(NCCN1C(=O)S/C(=C\c2ccc3c(c2)OCO3)C1=O)C1=COCCO1. The van der Waals surface area contributed by atoms with Crippen molar-refractivity contribution in [1.82, 2.24) is 10.2 Å². The van der Waals surface area contributed by atoms with Crippen LogP contribution >= 0.6 is 11.8 Å². The molecule has 146 valence electrons. The monoisotopic (exact) mass is 404 g/mol. The molecule has 0 unspecified atom stereocenters. The lowest BCUT2D eigenvalue weighted by molar-refractivity contribution is -0.124. The predicted molar refractivity (Wildman–Crippen MR) is 98.2 cm³/mol. The molecule has 3 aliphatic heterocycles. The van der Waals surface area contributed by atoms with Crippen molar-refractivity contribution in [2.75, 3.05) is 33.1 Å². The van der Waals surface area contributed by atoms with E-state index in [2.05, 4.69) is 5.32 Å². The summed E-state index contributed by atoms with van der Waals surface area (Å²) in [6.45, 7) is 1.02. The van der Waals surface area contributed by atoms with Gasteiger partial charge in [-0.1, -0.05) is 6.07 Å². The second kappa shape index (κ2) is 7.85. The summed E-state index contributed by atoms with van der Waals surface area (Å²) in [7, 11) is 0. The Balaban J connectivity index is 1.36. The Hall–Kier alpha value is -3.14. The molecule has 0 bridgehead atoms. The number of carbonyl (C=O) groups excluding carboxylic acids is 3. The lowest BCUT2D eigenvalue weighted by atomic mass is 10.2. The molecule has 9 nitrogen and oxygen atoms in total. The maximum atomic E-state index is 12.5. The molecular weight excluding hydrogens is 388 g/mol. The highest BCUT2D eigenvalue weighted by atomic mass is 32.2. The minimum Gasteiger partial charge on any atom is -0.494 e. The number of benzene rings is 1. The smallest absolute Gasteiger partial charge is 0.293 e. The van der Waals surface area contributed by atoms with Gasteiger partial charge in [0, 0.05) is 13.1 Å². The molecule has 0 aliphatic carbocycles. The van der Waals surface area contributed by atoms with E-state index >= 15 is 0 Å². The van der Waals surface area contributed by atoms with Gasteiger partial charge < -0.3 is 24.3 Å². The fourth-order valence-corrected chi connectivity index (χ4v) is 3.57. The van der Waals surface area contributed by atoms with Gasteiger partial charge in [0.15, 0.2) is 11.5 Å². The molecule has 28 heavy (non-hydrogen) atoms. The molecule has 3 amide bonds. The van der Waals surface area contributed by atoms with Gasteiger partial charge in [-0.25, -0.2) is 0 Å². The van der Waals surface area contributed by atoms with Crippen LogP contribution in [-0.4, -0.2) is 55.0 Å². The van der Waals surface area contributed by atoms with Crippen LogP contribution in [-0.2, 0) is 19.1 Å². The first-order valence-electron chi connectivity index (χ1n) is 8.49. The van der Waals surface area contributed by atoms with Crippen LogP contribution in [0.4, 0.5) is 4.79 Å². The van der Waals surface area contributed by atoms with E-state index in [9.17, 15) is 14.4 Å². The van der Waals surface area contributed by atoms with Gasteiger partial charge in [0.2, 0.25) is 12.6 Å². The molecule has 0 aromatic heterocycles. The van der Waals surface area contributed by atoms with Gasteiger partial charge in [-0.3, -0.25) is 19.3 Å². The van der Waals surface area contributed by atoms with Gasteiger partial charge in [-0.05, 0) is 35.5 Å². The number of ether oxygens (including phenoxy) is 4. The summed E-state index contributed by atoms with van der Waals surface area (Å²) in [5.41, 5.74) is 0.726. The number of thioether (sulfide) groups is 1. The highest BCUT2D eigenvalue weighted by Crippen LogP contribution is 2.36. The molecule has 1 fully saturated rings. The van der Waals surface area contributed by atoms with E-state index < -0.39 is 11.8 Å². The topological polar surface area (TPSA) is 103 Å². The summed E-state index contributed by atoms with van der Waals surface area (Å²) in [4.78, 5) is 38.0. The molecule has 1 aromatic rings. The zero-order chi connectivity index (χ0) is 19.5. The van der Waals surface area contributed by atoms with Crippen molar-refractivity contribution in [1.29, 1.82) is 0 Å². The van der Waals surface area contributed by atoms with Crippen LogP contribution in [0.25, 0.3) is 6.08 Å². The largest absolute Gasteiger partial charge is 0.494 e. The highest BCUT2D eigenvalue weighted by Gasteiger charge is 2.34. The number of fused-ring (bicyclic) bond motifs is 1.